The highest BCUT2D eigenvalue weighted by Gasteiger charge is 2.16. The van der Waals surface area contributed by atoms with Gasteiger partial charge in [-0.25, -0.2) is 0 Å². The Bertz CT molecular complexity index is 653. The number of carbonyl (C=O) groups is 1. The van der Waals surface area contributed by atoms with Gasteiger partial charge in [0.2, 0.25) is 5.91 Å². The lowest BCUT2D eigenvalue weighted by molar-refractivity contribution is -0.115. The van der Waals surface area contributed by atoms with Crippen LogP contribution < -0.4 is 5.32 Å². The minimum atomic E-state index is -0.136. The molecule has 2 aromatic carbocycles. The SMILES string of the molecule is Cc1ccc(SC(C)C(=O)Nc2c(C)cc(C)cc2C)cc1. The van der Waals surface area contributed by atoms with Crippen LogP contribution in [0.2, 0.25) is 0 Å². The summed E-state index contributed by atoms with van der Waals surface area (Å²) in [6, 6.07) is 12.5. The fourth-order valence-electron chi connectivity index (χ4n) is 2.48. The van der Waals surface area contributed by atoms with Crippen LogP contribution in [-0.2, 0) is 4.79 Å². The van der Waals surface area contributed by atoms with Crippen molar-refractivity contribution >= 4 is 23.4 Å². The van der Waals surface area contributed by atoms with Crippen molar-refractivity contribution in [1.29, 1.82) is 0 Å². The van der Waals surface area contributed by atoms with E-state index in [2.05, 4.69) is 55.6 Å². The third kappa shape index (κ3) is 4.14. The van der Waals surface area contributed by atoms with Crippen LogP contribution in [0.3, 0.4) is 0 Å². The molecule has 0 aromatic heterocycles. The number of hydrogen-bond donors (Lipinski definition) is 1. The standard InChI is InChI=1S/C19H23NOS/c1-12-6-8-17(9-7-12)22-16(5)19(21)20-18-14(3)10-13(2)11-15(18)4/h6-11,16H,1-5H3,(H,20,21). The number of nitrogens with one attached hydrogen (secondary N) is 1. The number of aryl methyl sites for hydroxylation is 4. The second kappa shape index (κ2) is 7.01. The number of thioether (sulfide) groups is 1. The van der Waals surface area contributed by atoms with Crippen molar-refractivity contribution in [3.63, 3.8) is 0 Å². The Morgan fingerprint density at radius 2 is 1.50 bits per heavy atom. The van der Waals surface area contributed by atoms with Gasteiger partial charge in [0.25, 0.3) is 0 Å². The summed E-state index contributed by atoms with van der Waals surface area (Å²) in [6.07, 6.45) is 0. The first kappa shape index (κ1) is 16.6. The van der Waals surface area contributed by atoms with Crippen molar-refractivity contribution < 1.29 is 4.79 Å². The predicted octanol–water partition coefficient (Wildman–Crippen LogP) is 5.04. The molecule has 0 heterocycles. The van der Waals surface area contributed by atoms with E-state index in [9.17, 15) is 4.79 Å². The number of benzene rings is 2. The summed E-state index contributed by atoms with van der Waals surface area (Å²) >= 11 is 1.58. The Morgan fingerprint density at radius 1 is 0.955 bits per heavy atom. The van der Waals surface area contributed by atoms with E-state index in [1.165, 1.54) is 11.1 Å². The Balaban J connectivity index is 2.07. The number of hydrogen-bond acceptors (Lipinski definition) is 2. The van der Waals surface area contributed by atoms with Gasteiger partial charge in [-0.05, 0) is 57.9 Å². The fourth-order valence-corrected chi connectivity index (χ4v) is 3.34. The molecule has 2 rings (SSSR count). The highest BCUT2D eigenvalue weighted by molar-refractivity contribution is 8.00. The molecule has 0 radical (unpaired) electrons. The summed E-state index contributed by atoms with van der Waals surface area (Å²) in [6.45, 7) is 10.1. The molecule has 0 saturated carbocycles. The molecular formula is C19H23NOS. The molecule has 1 N–H and O–H groups in total. The molecular weight excluding hydrogens is 290 g/mol. The zero-order chi connectivity index (χ0) is 16.3. The van der Waals surface area contributed by atoms with Gasteiger partial charge in [-0.2, -0.15) is 0 Å². The van der Waals surface area contributed by atoms with Crippen LogP contribution in [0.25, 0.3) is 0 Å². The van der Waals surface area contributed by atoms with E-state index in [1.54, 1.807) is 11.8 Å². The lowest BCUT2D eigenvalue weighted by atomic mass is 10.1. The van der Waals surface area contributed by atoms with E-state index in [0.29, 0.717) is 0 Å². The van der Waals surface area contributed by atoms with Gasteiger partial charge in [0.1, 0.15) is 0 Å². The summed E-state index contributed by atoms with van der Waals surface area (Å²) in [5.41, 5.74) is 5.60. The first-order valence-electron chi connectivity index (χ1n) is 7.49. The molecule has 0 aliphatic rings. The Kier molecular flexibility index (Phi) is 5.30. The Hall–Kier alpha value is -1.74. The number of rotatable bonds is 4. The van der Waals surface area contributed by atoms with Gasteiger partial charge in [-0.15, -0.1) is 11.8 Å². The lowest BCUT2D eigenvalue weighted by Gasteiger charge is -2.16. The monoisotopic (exact) mass is 313 g/mol. The normalized spacial score (nSPS) is 12.0. The highest BCUT2D eigenvalue weighted by atomic mass is 32.2. The molecule has 0 bridgehead atoms. The van der Waals surface area contributed by atoms with Crippen LogP contribution in [0.1, 0.15) is 29.2 Å². The van der Waals surface area contributed by atoms with Crippen molar-refractivity contribution in [2.45, 2.75) is 44.8 Å². The summed E-state index contributed by atoms with van der Waals surface area (Å²) in [4.78, 5) is 13.6. The molecule has 0 aliphatic heterocycles. The first-order valence-corrected chi connectivity index (χ1v) is 8.37. The molecule has 0 saturated heterocycles. The zero-order valence-corrected chi connectivity index (χ0v) is 14.7. The maximum absolute atomic E-state index is 12.4. The summed E-state index contributed by atoms with van der Waals surface area (Å²) in [7, 11) is 0. The van der Waals surface area contributed by atoms with Gasteiger partial charge < -0.3 is 5.32 Å². The lowest BCUT2D eigenvalue weighted by Crippen LogP contribution is -2.23. The van der Waals surface area contributed by atoms with Crippen LogP contribution in [0.4, 0.5) is 5.69 Å². The van der Waals surface area contributed by atoms with Crippen molar-refractivity contribution in [3.05, 3.63) is 58.7 Å². The topological polar surface area (TPSA) is 29.1 Å². The van der Waals surface area contributed by atoms with Crippen molar-refractivity contribution in [2.24, 2.45) is 0 Å². The van der Waals surface area contributed by atoms with Crippen LogP contribution >= 0.6 is 11.8 Å². The van der Waals surface area contributed by atoms with Crippen LogP contribution in [0.15, 0.2) is 41.3 Å². The largest absolute Gasteiger partial charge is 0.325 e. The quantitative estimate of drug-likeness (QED) is 0.801. The highest BCUT2D eigenvalue weighted by Crippen LogP contribution is 2.26. The molecule has 3 heteroatoms. The van der Waals surface area contributed by atoms with Gasteiger partial charge in [-0.1, -0.05) is 35.4 Å². The van der Waals surface area contributed by atoms with Crippen LogP contribution in [0.5, 0.6) is 0 Å². The predicted molar refractivity (Wildman–Crippen MR) is 95.8 cm³/mol. The van der Waals surface area contributed by atoms with Gasteiger partial charge in [0.05, 0.1) is 5.25 Å². The van der Waals surface area contributed by atoms with Crippen molar-refractivity contribution in [1.82, 2.24) is 0 Å². The van der Waals surface area contributed by atoms with Crippen LogP contribution in [0, 0.1) is 27.7 Å². The van der Waals surface area contributed by atoms with Crippen molar-refractivity contribution in [3.8, 4) is 0 Å². The van der Waals surface area contributed by atoms with E-state index >= 15 is 0 Å². The smallest absolute Gasteiger partial charge is 0.237 e. The molecule has 0 spiro atoms. The van der Waals surface area contributed by atoms with Gasteiger partial charge in [0, 0.05) is 10.6 Å². The number of carbonyl (C=O) groups excluding carboxylic acids is 1. The second-order valence-corrected chi connectivity index (χ2v) is 7.25. The maximum atomic E-state index is 12.4. The molecule has 2 nitrogen and oxygen atoms in total. The molecule has 116 valence electrons. The average Bonchev–Trinajstić information content (AvgIpc) is 2.45. The molecule has 0 fully saturated rings. The van der Waals surface area contributed by atoms with E-state index < -0.39 is 0 Å². The van der Waals surface area contributed by atoms with E-state index in [-0.39, 0.29) is 11.2 Å². The second-order valence-electron chi connectivity index (χ2n) is 5.84. The molecule has 2 aromatic rings. The molecule has 1 unspecified atom stereocenters. The number of anilines is 1. The minimum Gasteiger partial charge on any atom is -0.325 e. The van der Waals surface area contributed by atoms with Crippen LogP contribution in [-0.4, -0.2) is 11.2 Å². The maximum Gasteiger partial charge on any atom is 0.237 e. The average molecular weight is 313 g/mol. The Labute approximate surface area is 137 Å². The Morgan fingerprint density at radius 3 is 2.05 bits per heavy atom. The molecule has 1 amide bonds. The minimum absolute atomic E-state index is 0.0422. The first-order chi connectivity index (χ1) is 10.4. The van der Waals surface area contributed by atoms with E-state index in [1.807, 2.05) is 20.8 Å². The third-order valence-corrected chi connectivity index (χ3v) is 4.74. The molecule has 1 atom stereocenters. The summed E-state index contributed by atoms with van der Waals surface area (Å²) in [5.74, 6) is 0.0422. The fraction of sp³-hybridized carbons (Fsp3) is 0.316. The summed E-state index contributed by atoms with van der Waals surface area (Å²) < 4.78 is 0. The zero-order valence-electron chi connectivity index (χ0n) is 13.9. The van der Waals surface area contributed by atoms with Gasteiger partial charge in [0.15, 0.2) is 0 Å². The number of amides is 1. The van der Waals surface area contributed by atoms with Crippen molar-refractivity contribution in [2.75, 3.05) is 5.32 Å². The van der Waals surface area contributed by atoms with E-state index in [0.717, 1.165) is 21.7 Å². The van der Waals surface area contributed by atoms with Gasteiger partial charge in [-0.3, -0.25) is 4.79 Å². The van der Waals surface area contributed by atoms with Gasteiger partial charge >= 0.3 is 0 Å². The summed E-state index contributed by atoms with van der Waals surface area (Å²) in [5, 5.41) is 2.94. The molecule has 0 aliphatic carbocycles. The van der Waals surface area contributed by atoms with E-state index in [4.69, 9.17) is 0 Å². The molecule has 22 heavy (non-hydrogen) atoms. The third-order valence-electron chi connectivity index (χ3n) is 3.63.